The number of ketones is 1. The van der Waals surface area contributed by atoms with Crippen LogP contribution in [0.1, 0.15) is 0 Å². The lowest BCUT2D eigenvalue weighted by molar-refractivity contribution is -0.150. The van der Waals surface area contributed by atoms with Crippen molar-refractivity contribution in [1.82, 2.24) is 10.2 Å². The number of alkyl halides is 1. The van der Waals surface area contributed by atoms with Gasteiger partial charge in [0.25, 0.3) is 11.8 Å². The Balaban J connectivity index is 2.17. The molecule has 2 atom stereocenters. The molecule has 3 amide bonds. The number of hydrogen-bond donors (Lipinski definition) is 4. The first kappa shape index (κ1) is 20.7. The number of ether oxygens (including phenoxy) is 1. The Morgan fingerprint density at radius 1 is 1.41 bits per heavy atom. The molecule has 0 aromatic heterocycles. The Kier molecular flexibility index (Phi) is 6.43. The molecule has 0 aromatic rings. The first-order valence-corrected chi connectivity index (χ1v) is 9.34. The first-order valence-electron chi connectivity index (χ1n) is 7.17. The van der Waals surface area contributed by atoms with Crippen LogP contribution in [0.3, 0.4) is 0 Å². The number of oxime groups is 1. The summed E-state index contributed by atoms with van der Waals surface area (Å²) in [4.78, 5) is 59.1. The fourth-order valence-corrected chi connectivity index (χ4v) is 4.05. The van der Waals surface area contributed by atoms with Crippen LogP contribution < -0.4 is 11.1 Å². The van der Waals surface area contributed by atoms with E-state index >= 15 is 0 Å². The normalized spacial score (nSPS) is 21.9. The van der Waals surface area contributed by atoms with Gasteiger partial charge >= 0.3 is 12.1 Å². The van der Waals surface area contributed by atoms with Gasteiger partial charge in [0.15, 0.2) is 0 Å². The van der Waals surface area contributed by atoms with E-state index in [0.29, 0.717) is 0 Å². The summed E-state index contributed by atoms with van der Waals surface area (Å²) >= 11 is 3.95. The van der Waals surface area contributed by atoms with Crippen molar-refractivity contribution in [1.29, 1.82) is 0 Å². The molecule has 0 aromatic carbocycles. The number of nitrogens with zero attached hydrogens (tertiary/aromatic N) is 2. The Bertz CT molecular complexity index is 782. The van der Waals surface area contributed by atoms with Gasteiger partial charge in [-0.15, -0.1) is 11.8 Å². The lowest BCUT2D eigenvalue weighted by Crippen LogP contribution is -2.71. The molecule has 0 aliphatic carbocycles. The zero-order valence-corrected chi connectivity index (χ0v) is 15.8. The molecule has 2 rings (SSSR count). The summed E-state index contributed by atoms with van der Waals surface area (Å²) in [5, 5.41) is 22.1. The molecule has 0 saturated carbocycles. The highest BCUT2D eigenvalue weighted by Gasteiger charge is 2.54. The summed E-state index contributed by atoms with van der Waals surface area (Å²) in [5.74, 6) is -3.90. The van der Waals surface area contributed by atoms with Gasteiger partial charge < -0.3 is 26.1 Å². The first-order chi connectivity index (χ1) is 12.7. The summed E-state index contributed by atoms with van der Waals surface area (Å²) in [6, 6.07) is -1.12. The number of nitrogens with one attached hydrogen (secondary N) is 1. The molecule has 1 fully saturated rings. The highest BCUT2D eigenvalue weighted by atomic mass is 79.9. The zero-order chi connectivity index (χ0) is 20.3. The fraction of sp³-hybridized carbons (Fsp3) is 0.385. The topological polar surface area (TPSA) is 189 Å². The van der Waals surface area contributed by atoms with E-state index < -0.39 is 53.4 Å². The molecule has 1 unspecified atom stereocenters. The predicted octanol–water partition coefficient (Wildman–Crippen LogP) is -1.39. The van der Waals surface area contributed by atoms with Crippen LogP contribution in [-0.2, 0) is 23.9 Å². The molecule has 14 heteroatoms. The van der Waals surface area contributed by atoms with Crippen LogP contribution in [0, 0.1) is 0 Å². The average Bonchev–Trinajstić information content (AvgIpc) is 2.63. The smallest absolute Gasteiger partial charge is 0.404 e. The van der Waals surface area contributed by atoms with Crippen molar-refractivity contribution < 1.29 is 39.0 Å². The predicted molar refractivity (Wildman–Crippen MR) is 93.2 cm³/mol. The van der Waals surface area contributed by atoms with Crippen molar-refractivity contribution >= 4 is 63.1 Å². The van der Waals surface area contributed by atoms with Gasteiger partial charge in [0, 0.05) is 11.3 Å². The molecule has 0 radical (unpaired) electrons. The molecular weight excluding hydrogens is 452 g/mol. The van der Waals surface area contributed by atoms with Crippen LogP contribution in [0.2, 0.25) is 0 Å². The number of aliphatic carboxylic acids is 1. The molecule has 146 valence electrons. The Morgan fingerprint density at radius 2 is 2.07 bits per heavy atom. The summed E-state index contributed by atoms with van der Waals surface area (Å²) in [5.41, 5.74) is 3.89. The molecule has 0 bridgehead atoms. The van der Waals surface area contributed by atoms with E-state index in [-0.39, 0.29) is 22.4 Å². The maximum atomic E-state index is 12.4. The average molecular weight is 465 g/mol. The van der Waals surface area contributed by atoms with Crippen LogP contribution in [0.25, 0.3) is 0 Å². The molecule has 2 aliphatic rings. The van der Waals surface area contributed by atoms with Crippen molar-refractivity contribution in [2.24, 2.45) is 10.9 Å². The molecule has 2 heterocycles. The number of rotatable bonds is 7. The second-order valence-electron chi connectivity index (χ2n) is 5.23. The van der Waals surface area contributed by atoms with Crippen molar-refractivity contribution in [3.05, 3.63) is 11.3 Å². The number of primary amides is 1. The maximum absolute atomic E-state index is 12.4. The number of carboxylic acids is 1. The van der Waals surface area contributed by atoms with Gasteiger partial charge in [-0.2, -0.15) is 0 Å². The number of halogens is 1. The van der Waals surface area contributed by atoms with Crippen molar-refractivity contribution in [2.75, 3.05) is 17.7 Å². The number of thioether (sulfide) groups is 1. The molecule has 5 N–H and O–H groups in total. The molecule has 0 spiro atoms. The van der Waals surface area contributed by atoms with E-state index in [9.17, 15) is 29.1 Å². The van der Waals surface area contributed by atoms with E-state index in [1.54, 1.807) is 0 Å². The van der Waals surface area contributed by atoms with Gasteiger partial charge in [-0.1, -0.05) is 21.1 Å². The van der Waals surface area contributed by atoms with Crippen LogP contribution in [-0.4, -0.2) is 79.7 Å². The minimum Gasteiger partial charge on any atom is -0.477 e. The number of β-lactam (4-membered cyclic amide) rings is 1. The molecule has 12 nitrogen and oxygen atoms in total. The van der Waals surface area contributed by atoms with Crippen molar-refractivity contribution in [2.45, 2.75) is 11.4 Å². The van der Waals surface area contributed by atoms with Crippen LogP contribution in [0.5, 0.6) is 0 Å². The molecular formula is C13H13BrN4O8S. The van der Waals surface area contributed by atoms with Gasteiger partial charge in [-0.3, -0.25) is 19.3 Å². The molecule has 1 saturated heterocycles. The third kappa shape index (κ3) is 4.05. The number of nitrogens with two attached hydrogens (primary N) is 1. The van der Waals surface area contributed by atoms with Gasteiger partial charge in [0.05, 0.1) is 5.33 Å². The Morgan fingerprint density at radius 3 is 2.59 bits per heavy atom. The van der Waals surface area contributed by atoms with Crippen LogP contribution in [0.4, 0.5) is 4.79 Å². The largest absolute Gasteiger partial charge is 0.477 e. The van der Waals surface area contributed by atoms with Crippen LogP contribution >= 0.6 is 27.7 Å². The highest BCUT2D eigenvalue weighted by Crippen LogP contribution is 2.40. The number of carbonyl (C=O) groups is 5. The monoisotopic (exact) mass is 464 g/mol. The van der Waals surface area contributed by atoms with Gasteiger partial charge in [0.2, 0.25) is 11.5 Å². The SMILES string of the molecule is NC(=O)OCC1=C(C(=O)O)N2C(=O)C(NC(=O)C(=NO)C(=O)CBr)[C@@H]2SC1. The summed E-state index contributed by atoms with van der Waals surface area (Å²) < 4.78 is 4.59. The third-order valence-corrected chi connectivity index (χ3v) is 5.47. The number of carboxylic acid groups (broad SMARTS) is 1. The number of Topliss-reactive ketones (excluding diaryl/α,β-unsaturated/α-hetero) is 1. The molecule has 27 heavy (non-hydrogen) atoms. The van der Waals surface area contributed by atoms with Crippen molar-refractivity contribution in [3.63, 3.8) is 0 Å². The van der Waals surface area contributed by atoms with E-state index in [4.69, 9.17) is 10.9 Å². The minimum absolute atomic E-state index is 0.108. The Hall–Kier alpha value is -2.61. The molecule has 2 aliphatic heterocycles. The van der Waals surface area contributed by atoms with Gasteiger partial charge in [0.1, 0.15) is 23.7 Å². The number of hydrogen-bond acceptors (Lipinski definition) is 9. The zero-order valence-electron chi connectivity index (χ0n) is 13.4. The van der Waals surface area contributed by atoms with E-state index in [0.717, 1.165) is 16.7 Å². The van der Waals surface area contributed by atoms with E-state index in [2.05, 4.69) is 31.1 Å². The lowest BCUT2D eigenvalue weighted by atomic mass is 10.0. The second kappa shape index (κ2) is 8.39. The lowest BCUT2D eigenvalue weighted by Gasteiger charge is -2.49. The highest BCUT2D eigenvalue weighted by molar-refractivity contribution is 9.09. The van der Waals surface area contributed by atoms with E-state index in [1.165, 1.54) is 0 Å². The van der Waals surface area contributed by atoms with E-state index in [1.807, 2.05) is 0 Å². The number of fused-ring (bicyclic) bond motifs is 1. The van der Waals surface area contributed by atoms with Gasteiger partial charge in [-0.25, -0.2) is 9.59 Å². The summed E-state index contributed by atoms with van der Waals surface area (Å²) in [6.45, 7) is -0.390. The third-order valence-electron chi connectivity index (χ3n) is 3.63. The maximum Gasteiger partial charge on any atom is 0.404 e. The minimum atomic E-state index is -1.41. The standard InChI is InChI=1S/C13H13BrN4O8S/c14-1-5(19)6(17-25)9(20)16-7-10(21)18-8(12(22)23)4(2-26-13(15)24)3-27-11(7)18/h7,11,25H,1-3H2,(H2,15,24)(H,16,20)(H,22,23)/t7?,11-/m0/s1. The quantitative estimate of drug-likeness (QED) is 0.0877. The fourth-order valence-electron chi connectivity index (χ4n) is 2.45. The number of carbonyl (C=O) groups excluding carboxylic acids is 4. The second-order valence-corrected chi connectivity index (χ2v) is 6.90. The van der Waals surface area contributed by atoms with Crippen LogP contribution in [0.15, 0.2) is 16.4 Å². The number of amides is 3. The summed E-state index contributed by atoms with van der Waals surface area (Å²) in [7, 11) is 0. The summed E-state index contributed by atoms with van der Waals surface area (Å²) in [6.07, 6.45) is -1.09. The Labute approximate surface area is 163 Å². The van der Waals surface area contributed by atoms with Crippen molar-refractivity contribution in [3.8, 4) is 0 Å². The van der Waals surface area contributed by atoms with Gasteiger partial charge in [-0.05, 0) is 0 Å².